The van der Waals surface area contributed by atoms with E-state index in [4.69, 9.17) is 0 Å². The summed E-state index contributed by atoms with van der Waals surface area (Å²) in [6, 6.07) is 6.14. The van der Waals surface area contributed by atoms with Crippen molar-refractivity contribution in [2.45, 2.75) is 56.3 Å². The van der Waals surface area contributed by atoms with Gasteiger partial charge in [-0.15, -0.1) is 0 Å². The zero-order chi connectivity index (χ0) is 20.7. The number of carbonyl (C=O) groups is 2. The SMILES string of the molecule is O=C(NCCCN1CCCCCC1=O)c1ccc(S(=O)(=O)N2CCCCC2)cc1. The molecule has 3 rings (SSSR count). The zero-order valence-corrected chi connectivity index (χ0v) is 17.8. The molecule has 8 heteroatoms. The van der Waals surface area contributed by atoms with E-state index in [1.165, 1.54) is 16.4 Å². The van der Waals surface area contributed by atoms with Gasteiger partial charge >= 0.3 is 0 Å². The number of hydrogen-bond donors (Lipinski definition) is 1. The average Bonchev–Trinajstić information content (AvgIpc) is 2.96. The van der Waals surface area contributed by atoms with Gasteiger partial charge in [-0.1, -0.05) is 12.8 Å². The number of amides is 2. The summed E-state index contributed by atoms with van der Waals surface area (Å²) in [6.45, 7) is 3.07. The number of sulfonamides is 1. The lowest BCUT2D eigenvalue weighted by atomic mass is 10.2. The third-order valence-corrected chi connectivity index (χ3v) is 7.54. The molecular formula is C21H31N3O4S. The minimum atomic E-state index is -3.48. The number of piperidine rings is 1. The molecule has 2 saturated heterocycles. The van der Waals surface area contributed by atoms with Crippen LogP contribution in [-0.4, -0.2) is 62.2 Å². The lowest BCUT2D eigenvalue weighted by molar-refractivity contribution is -0.130. The molecule has 2 heterocycles. The summed E-state index contributed by atoms with van der Waals surface area (Å²) in [6.07, 6.45) is 7.29. The Morgan fingerprint density at radius 2 is 1.59 bits per heavy atom. The maximum absolute atomic E-state index is 12.7. The summed E-state index contributed by atoms with van der Waals surface area (Å²) < 4.78 is 26.9. The van der Waals surface area contributed by atoms with Gasteiger partial charge < -0.3 is 10.2 Å². The van der Waals surface area contributed by atoms with Crippen LogP contribution in [0.25, 0.3) is 0 Å². The van der Waals surface area contributed by atoms with Crippen LogP contribution in [0.1, 0.15) is 61.7 Å². The van der Waals surface area contributed by atoms with Gasteiger partial charge in [-0.05, 0) is 56.4 Å². The van der Waals surface area contributed by atoms with Gasteiger partial charge in [0.15, 0.2) is 0 Å². The van der Waals surface area contributed by atoms with Crippen LogP contribution in [0.4, 0.5) is 0 Å². The summed E-state index contributed by atoms with van der Waals surface area (Å²) in [5, 5.41) is 2.85. The molecule has 29 heavy (non-hydrogen) atoms. The van der Waals surface area contributed by atoms with E-state index in [2.05, 4.69) is 5.32 Å². The quantitative estimate of drug-likeness (QED) is 0.685. The first-order chi connectivity index (χ1) is 14.0. The smallest absolute Gasteiger partial charge is 0.251 e. The van der Waals surface area contributed by atoms with Crippen LogP contribution in [0, 0.1) is 0 Å². The average molecular weight is 422 g/mol. The normalized spacial score (nSPS) is 19.0. The molecule has 0 aromatic heterocycles. The van der Waals surface area contributed by atoms with E-state index in [0.29, 0.717) is 44.6 Å². The first-order valence-corrected chi connectivity index (χ1v) is 12.1. The maximum atomic E-state index is 12.7. The van der Waals surface area contributed by atoms with Gasteiger partial charge in [-0.3, -0.25) is 9.59 Å². The van der Waals surface area contributed by atoms with Gasteiger partial charge in [0, 0.05) is 44.7 Å². The molecule has 0 unspecified atom stereocenters. The molecule has 0 radical (unpaired) electrons. The third-order valence-electron chi connectivity index (χ3n) is 5.63. The zero-order valence-electron chi connectivity index (χ0n) is 16.9. The van der Waals surface area contributed by atoms with Gasteiger partial charge in [0.05, 0.1) is 4.90 Å². The second kappa shape index (κ2) is 10.2. The molecule has 2 aliphatic rings. The number of rotatable bonds is 7. The van der Waals surface area contributed by atoms with Crippen molar-refractivity contribution in [1.29, 1.82) is 0 Å². The minimum Gasteiger partial charge on any atom is -0.352 e. The van der Waals surface area contributed by atoms with E-state index >= 15 is 0 Å². The van der Waals surface area contributed by atoms with E-state index in [9.17, 15) is 18.0 Å². The van der Waals surface area contributed by atoms with Crippen LogP contribution in [0.5, 0.6) is 0 Å². The van der Waals surface area contributed by atoms with E-state index in [-0.39, 0.29) is 16.7 Å². The fourth-order valence-corrected chi connectivity index (χ4v) is 5.40. The Kier molecular flexibility index (Phi) is 7.66. The van der Waals surface area contributed by atoms with Crippen molar-refractivity contribution in [2.75, 3.05) is 32.7 Å². The molecule has 160 valence electrons. The summed E-state index contributed by atoms with van der Waals surface area (Å²) in [5.74, 6) is -0.0200. The molecule has 7 nitrogen and oxygen atoms in total. The Morgan fingerprint density at radius 1 is 0.931 bits per heavy atom. The number of benzene rings is 1. The summed E-state index contributed by atoms with van der Waals surface area (Å²) >= 11 is 0. The highest BCUT2D eigenvalue weighted by molar-refractivity contribution is 7.89. The first-order valence-electron chi connectivity index (χ1n) is 10.6. The molecule has 1 aromatic carbocycles. The van der Waals surface area contributed by atoms with Gasteiger partial charge in [-0.25, -0.2) is 8.42 Å². The molecule has 0 bridgehead atoms. The largest absolute Gasteiger partial charge is 0.352 e. The Labute approximate surface area is 173 Å². The summed E-state index contributed by atoms with van der Waals surface area (Å²) in [7, 11) is -3.48. The Balaban J connectivity index is 1.48. The van der Waals surface area contributed by atoms with Crippen LogP contribution in [0.15, 0.2) is 29.2 Å². The molecule has 2 aliphatic heterocycles. The molecule has 1 aromatic rings. The number of carbonyl (C=O) groups excluding carboxylic acids is 2. The van der Waals surface area contributed by atoms with Gasteiger partial charge in [0.25, 0.3) is 5.91 Å². The van der Waals surface area contributed by atoms with E-state index < -0.39 is 10.0 Å². The van der Waals surface area contributed by atoms with Crippen LogP contribution in [-0.2, 0) is 14.8 Å². The van der Waals surface area contributed by atoms with Gasteiger partial charge in [0.1, 0.15) is 0 Å². The molecular weight excluding hydrogens is 390 g/mol. The summed E-state index contributed by atoms with van der Waals surface area (Å²) in [5.41, 5.74) is 0.438. The van der Waals surface area contributed by atoms with Gasteiger partial charge in [-0.2, -0.15) is 4.31 Å². The predicted octanol–water partition coefficient (Wildman–Crippen LogP) is 2.38. The Morgan fingerprint density at radius 3 is 2.31 bits per heavy atom. The highest BCUT2D eigenvalue weighted by atomic mass is 32.2. The highest BCUT2D eigenvalue weighted by Crippen LogP contribution is 2.21. The molecule has 0 atom stereocenters. The van der Waals surface area contributed by atoms with Crippen molar-refractivity contribution in [3.05, 3.63) is 29.8 Å². The number of hydrogen-bond acceptors (Lipinski definition) is 4. The fraction of sp³-hybridized carbons (Fsp3) is 0.619. The molecule has 0 saturated carbocycles. The van der Waals surface area contributed by atoms with Crippen molar-refractivity contribution in [3.8, 4) is 0 Å². The van der Waals surface area contributed by atoms with Crippen molar-refractivity contribution >= 4 is 21.8 Å². The van der Waals surface area contributed by atoms with E-state index in [1.54, 1.807) is 12.1 Å². The van der Waals surface area contributed by atoms with Crippen molar-refractivity contribution in [1.82, 2.24) is 14.5 Å². The first kappa shape index (κ1) is 21.8. The standard InChI is InChI=1S/C21H31N3O4S/c25-20-8-3-1-4-14-23(20)15-7-13-22-21(26)18-9-11-19(12-10-18)29(27,28)24-16-5-2-6-17-24/h9-12H,1-8,13-17H2,(H,22,26). The van der Waals surface area contributed by atoms with E-state index in [0.717, 1.165) is 45.1 Å². The van der Waals surface area contributed by atoms with Crippen LogP contribution in [0.3, 0.4) is 0 Å². The molecule has 0 spiro atoms. The molecule has 0 aliphatic carbocycles. The lowest BCUT2D eigenvalue weighted by Crippen LogP contribution is -2.35. The summed E-state index contributed by atoms with van der Waals surface area (Å²) in [4.78, 5) is 26.4. The molecule has 1 N–H and O–H groups in total. The number of nitrogens with one attached hydrogen (secondary N) is 1. The monoisotopic (exact) mass is 421 g/mol. The second-order valence-corrected chi connectivity index (χ2v) is 9.73. The lowest BCUT2D eigenvalue weighted by Gasteiger charge is -2.25. The third kappa shape index (κ3) is 5.79. The molecule has 2 fully saturated rings. The second-order valence-electron chi connectivity index (χ2n) is 7.79. The van der Waals surface area contributed by atoms with Crippen molar-refractivity contribution in [2.24, 2.45) is 0 Å². The molecule has 2 amide bonds. The Hall–Kier alpha value is -1.93. The highest BCUT2D eigenvalue weighted by Gasteiger charge is 2.26. The number of nitrogens with zero attached hydrogens (tertiary/aromatic N) is 2. The maximum Gasteiger partial charge on any atom is 0.251 e. The Bertz CT molecular complexity index is 802. The van der Waals surface area contributed by atoms with Crippen LogP contribution >= 0.6 is 0 Å². The van der Waals surface area contributed by atoms with Crippen LogP contribution < -0.4 is 5.32 Å². The fourth-order valence-electron chi connectivity index (χ4n) is 3.88. The number of likely N-dealkylation sites (tertiary alicyclic amines) is 1. The minimum absolute atomic E-state index is 0.208. The van der Waals surface area contributed by atoms with E-state index in [1.807, 2.05) is 4.90 Å². The van der Waals surface area contributed by atoms with Crippen molar-refractivity contribution in [3.63, 3.8) is 0 Å². The van der Waals surface area contributed by atoms with Crippen LogP contribution in [0.2, 0.25) is 0 Å². The van der Waals surface area contributed by atoms with Crippen molar-refractivity contribution < 1.29 is 18.0 Å². The van der Waals surface area contributed by atoms with Gasteiger partial charge in [0.2, 0.25) is 15.9 Å². The predicted molar refractivity (Wildman–Crippen MR) is 111 cm³/mol. The topological polar surface area (TPSA) is 86.8 Å².